The first-order valence-electron chi connectivity index (χ1n) is 9.41. The number of amides is 3. The first kappa shape index (κ1) is 17.5. The summed E-state index contributed by atoms with van der Waals surface area (Å²) in [5.41, 5.74) is 3.60. The van der Waals surface area contributed by atoms with E-state index in [1.54, 1.807) is 4.90 Å². The number of benzene rings is 1. The SMILES string of the molecule is Cc1cccc(NC(=O)N2CCn3nnc(CCC(=O)NC4CC4)c3C2)c1. The van der Waals surface area contributed by atoms with Gasteiger partial charge in [0.15, 0.2) is 0 Å². The van der Waals surface area contributed by atoms with Crippen molar-refractivity contribution in [2.24, 2.45) is 0 Å². The van der Waals surface area contributed by atoms with E-state index in [9.17, 15) is 9.59 Å². The minimum absolute atomic E-state index is 0.0594. The summed E-state index contributed by atoms with van der Waals surface area (Å²) in [6.45, 7) is 3.63. The minimum atomic E-state index is -0.134. The molecule has 1 aromatic heterocycles. The van der Waals surface area contributed by atoms with Crippen molar-refractivity contribution >= 4 is 17.6 Å². The van der Waals surface area contributed by atoms with Gasteiger partial charge in [0.05, 0.1) is 24.5 Å². The highest BCUT2D eigenvalue weighted by molar-refractivity contribution is 5.89. The monoisotopic (exact) mass is 368 g/mol. The highest BCUT2D eigenvalue weighted by atomic mass is 16.2. The van der Waals surface area contributed by atoms with Crippen molar-refractivity contribution in [3.05, 3.63) is 41.2 Å². The summed E-state index contributed by atoms with van der Waals surface area (Å²) in [5, 5.41) is 14.3. The normalized spacial score (nSPS) is 16.0. The van der Waals surface area contributed by atoms with Crippen molar-refractivity contribution in [3.63, 3.8) is 0 Å². The van der Waals surface area contributed by atoms with E-state index in [4.69, 9.17) is 0 Å². The Morgan fingerprint density at radius 3 is 2.89 bits per heavy atom. The molecule has 1 aromatic carbocycles. The van der Waals surface area contributed by atoms with Gasteiger partial charge in [-0.2, -0.15) is 0 Å². The second kappa shape index (κ2) is 7.38. The van der Waals surface area contributed by atoms with E-state index in [2.05, 4.69) is 20.9 Å². The zero-order valence-electron chi connectivity index (χ0n) is 15.4. The zero-order chi connectivity index (χ0) is 18.8. The van der Waals surface area contributed by atoms with Gasteiger partial charge in [-0.15, -0.1) is 5.10 Å². The molecule has 2 aliphatic rings. The number of urea groups is 1. The number of carbonyl (C=O) groups is 2. The molecule has 1 aliphatic heterocycles. The molecular weight excluding hydrogens is 344 g/mol. The Morgan fingerprint density at radius 2 is 2.11 bits per heavy atom. The molecule has 27 heavy (non-hydrogen) atoms. The molecule has 8 heteroatoms. The molecule has 1 aliphatic carbocycles. The summed E-state index contributed by atoms with van der Waals surface area (Å²) in [7, 11) is 0. The molecule has 8 nitrogen and oxygen atoms in total. The predicted molar refractivity (Wildman–Crippen MR) is 100 cm³/mol. The average molecular weight is 368 g/mol. The number of aryl methyl sites for hydroxylation is 2. The maximum atomic E-state index is 12.6. The first-order valence-corrected chi connectivity index (χ1v) is 9.41. The van der Waals surface area contributed by atoms with Gasteiger partial charge in [-0.05, 0) is 37.5 Å². The third-order valence-electron chi connectivity index (χ3n) is 4.93. The lowest BCUT2D eigenvalue weighted by Gasteiger charge is -2.28. The van der Waals surface area contributed by atoms with Crippen molar-refractivity contribution in [2.45, 2.75) is 51.7 Å². The van der Waals surface area contributed by atoms with E-state index >= 15 is 0 Å². The standard InChI is InChI=1S/C19H24N6O2/c1-13-3-2-4-15(11-13)21-19(27)24-9-10-25-17(12-24)16(22-23-25)7-8-18(26)20-14-5-6-14/h2-4,11,14H,5-10,12H2,1H3,(H,20,26)(H,21,27). The van der Waals surface area contributed by atoms with E-state index in [-0.39, 0.29) is 11.9 Å². The number of nitrogens with zero attached hydrogens (tertiary/aromatic N) is 4. The van der Waals surface area contributed by atoms with Gasteiger partial charge in [-0.1, -0.05) is 17.3 Å². The lowest BCUT2D eigenvalue weighted by molar-refractivity contribution is -0.121. The largest absolute Gasteiger partial charge is 0.353 e. The summed E-state index contributed by atoms with van der Waals surface area (Å²) in [6, 6.07) is 7.97. The van der Waals surface area contributed by atoms with Crippen LogP contribution >= 0.6 is 0 Å². The van der Waals surface area contributed by atoms with Crippen LogP contribution in [0.5, 0.6) is 0 Å². The van der Waals surface area contributed by atoms with Crippen LogP contribution in [-0.4, -0.2) is 44.4 Å². The molecule has 0 spiro atoms. The third kappa shape index (κ3) is 4.27. The Labute approximate surface area is 157 Å². The maximum absolute atomic E-state index is 12.6. The number of carbonyl (C=O) groups excluding carboxylic acids is 2. The molecule has 3 amide bonds. The summed E-state index contributed by atoms with van der Waals surface area (Å²) < 4.78 is 1.84. The second-order valence-corrected chi connectivity index (χ2v) is 7.27. The van der Waals surface area contributed by atoms with Gasteiger partial charge in [-0.3, -0.25) is 4.79 Å². The van der Waals surface area contributed by atoms with Crippen LogP contribution in [0.15, 0.2) is 24.3 Å². The summed E-state index contributed by atoms with van der Waals surface area (Å²) in [5.74, 6) is 0.0594. The van der Waals surface area contributed by atoms with Crippen LogP contribution in [-0.2, 0) is 24.3 Å². The maximum Gasteiger partial charge on any atom is 0.322 e. The van der Waals surface area contributed by atoms with Crippen LogP contribution < -0.4 is 10.6 Å². The van der Waals surface area contributed by atoms with Crippen molar-refractivity contribution < 1.29 is 9.59 Å². The van der Waals surface area contributed by atoms with Crippen molar-refractivity contribution in [1.29, 1.82) is 0 Å². The van der Waals surface area contributed by atoms with Crippen molar-refractivity contribution in [2.75, 3.05) is 11.9 Å². The lowest BCUT2D eigenvalue weighted by atomic mass is 10.1. The van der Waals surface area contributed by atoms with Crippen LogP contribution in [0.25, 0.3) is 0 Å². The number of rotatable bonds is 5. The first-order chi connectivity index (χ1) is 13.1. The fourth-order valence-corrected chi connectivity index (χ4v) is 3.25. The molecular formula is C19H24N6O2. The molecule has 4 rings (SSSR count). The van der Waals surface area contributed by atoms with Crippen LogP contribution in [0.4, 0.5) is 10.5 Å². The van der Waals surface area contributed by atoms with Crippen LogP contribution in [0.2, 0.25) is 0 Å². The molecule has 1 saturated carbocycles. The Morgan fingerprint density at radius 1 is 1.26 bits per heavy atom. The lowest BCUT2D eigenvalue weighted by Crippen LogP contribution is -2.41. The molecule has 2 N–H and O–H groups in total. The Kier molecular flexibility index (Phi) is 4.79. The van der Waals surface area contributed by atoms with Gasteiger partial charge >= 0.3 is 6.03 Å². The predicted octanol–water partition coefficient (Wildman–Crippen LogP) is 1.85. The summed E-state index contributed by atoms with van der Waals surface area (Å²) in [4.78, 5) is 26.3. The Hall–Kier alpha value is -2.90. The quantitative estimate of drug-likeness (QED) is 0.842. The van der Waals surface area contributed by atoms with Gasteiger partial charge in [0.25, 0.3) is 0 Å². The number of nitrogens with one attached hydrogen (secondary N) is 2. The molecule has 1 fully saturated rings. The van der Waals surface area contributed by atoms with Gasteiger partial charge in [0.1, 0.15) is 0 Å². The summed E-state index contributed by atoms with van der Waals surface area (Å²) in [6.07, 6.45) is 3.11. The topological polar surface area (TPSA) is 92.2 Å². The van der Waals surface area contributed by atoms with Crippen molar-refractivity contribution in [1.82, 2.24) is 25.2 Å². The van der Waals surface area contributed by atoms with Gasteiger partial charge in [0.2, 0.25) is 5.91 Å². The third-order valence-corrected chi connectivity index (χ3v) is 4.93. The molecule has 0 bridgehead atoms. The Bertz CT molecular complexity index is 858. The van der Waals surface area contributed by atoms with E-state index < -0.39 is 0 Å². The molecule has 0 saturated heterocycles. The van der Waals surface area contributed by atoms with Gasteiger partial charge in [0, 0.05) is 31.1 Å². The van der Waals surface area contributed by atoms with Crippen LogP contribution in [0, 0.1) is 6.92 Å². The number of hydrogen-bond donors (Lipinski definition) is 2. The van der Waals surface area contributed by atoms with Crippen LogP contribution in [0.3, 0.4) is 0 Å². The minimum Gasteiger partial charge on any atom is -0.353 e. The van der Waals surface area contributed by atoms with E-state index in [1.807, 2.05) is 35.9 Å². The molecule has 0 unspecified atom stereocenters. The molecule has 2 heterocycles. The highest BCUT2D eigenvalue weighted by Crippen LogP contribution is 2.20. The highest BCUT2D eigenvalue weighted by Gasteiger charge is 2.26. The number of fused-ring (bicyclic) bond motifs is 1. The van der Waals surface area contributed by atoms with E-state index in [0.29, 0.717) is 38.5 Å². The fourth-order valence-electron chi connectivity index (χ4n) is 3.25. The molecule has 0 radical (unpaired) electrons. The Balaban J connectivity index is 1.37. The second-order valence-electron chi connectivity index (χ2n) is 7.27. The molecule has 2 aromatic rings. The number of hydrogen-bond acceptors (Lipinski definition) is 4. The molecule has 0 atom stereocenters. The fraction of sp³-hybridized carbons (Fsp3) is 0.474. The average Bonchev–Trinajstić information content (AvgIpc) is 3.37. The zero-order valence-corrected chi connectivity index (χ0v) is 15.4. The molecule has 142 valence electrons. The van der Waals surface area contributed by atoms with Crippen molar-refractivity contribution in [3.8, 4) is 0 Å². The summed E-state index contributed by atoms with van der Waals surface area (Å²) >= 11 is 0. The number of aromatic nitrogens is 3. The smallest absolute Gasteiger partial charge is 0.322 e. The van der Waals surface area contributed by atoms with Crippen LogP contribution in [0.1, 0.15) is 36.2 Å². The van der Waals surface area contributed by atoms with E-state index in [0.717, 1.165) is 35.5 Å². The van der Waals surface area contributed by atoms with Gasteiger partial charge < -0.3 is 15.5 Å². The van der Waals surface area contributed by atoms with E-state index in [1.165, 1.54) is 0 Å². The van der Waals surface area contributed by atoms with Gasteiger partial charge in [-0.25, -0.2) is 9.48 Å². The number of anilines is 1.